The van der Waals surface area contributed by atoms with Crippen LogP contribution in [0.15, 0.2) is 24.0 Å². The average Bonchev–Trinajstić information content (AvgIpc) is 2.10. The molecule has 0 bridgehead atoms. The van der Waals surface area contributed by atoms with Crippen LogP contribution >= 0.6 is 0 Å². The second kappa shape index (κ2) is 4.94. The minimum absolute atomic E-state index is 0.210. The van der Waals surface area contributed by atoms with E-state index in [9.17, 15) is 10.2 Å². The van der Waals surface area contributed by atoms with Gasteiger partial charge in [-0.3, -0.25) is 0 Å². The number of hydrogen-bond acceptors (Lipinski definition) is 6. The first-order chi connectivity index (χ1) is 7.33. The Morgan fingerprint density at radius 2 is 1.94 bits per heavy atom. The normalized spacial score (nSPS) is 33.1. The van der Waals surface area contributed by atoms with Crippen molar-refractivity contribution in [1.82, 2.24) is 0 Å². The van der Waals surface area contributed by atoms with E-state index in [-0.39, 0.29) is 5.76 Å². The maximum atomic E-state index is 9.78. The van der Waals surface area contributed by atoms with Crippen LogP contribution in [0.5, 0.6) is 0 Å². The lowest BCUT2D eigenvalue weighted by Gasteiger charge is -2.32. The summed E-state index contributed by atoms with van der Waals surface area (Å²) in [6, 6.07) is 0. The van der Waals surface area contributed by atoms with Crippen molar-refractivity contribution in [3.63, 3.8) is 0 Å². The molecule has 92 valence electrons. The van der Waals surface area contributed by atoms with Gasteiger partial charge in [0.25, 0.3) is 0 Å². The third-order valence-corrected chi connectivity index (χ3v) is 1.90. The van der Waals surface area contributed by atoms with Gasteiger partial charge >= 0.3 is 0 Å². The van der Waals surface area contributed by atoms with Crippen LogP contribution in [0.25, 0.3) is 0 Å². The summed E-state index contributed by atoms with van der Waals surface area (Å²) in [6.45, 7) is 2.72. The van der Waals surface area contributed by atoms with Crippen molar-refractivity contribution < 1.29 is 29.9 Å². The van der Waals surface area contributed by atoms with E-state index in [1.165, 1.54) is 26.0 Å². The standard InChI is InChI=1S/C10H16O6/c1-6(11)15-8-3-4-10(14,9(13)5-8)16-7(2)12/h3-7,9,11-14H,1-2H3. The van der Waals surface area contributed by atoms with Gasteiger partial charge in [0.15, 0.2) is 12.6 Å². The second-order valence-corrected chi connectivity index (χ2v) is 3.53. The van der Waals surface area contributed by atoms with E-state index in [0.717, 1.165) is 6.08 Å². The summed E-state index contributed by atoms with van der Waals surface area (Å²) >= 11 is 0. The summed E-state index contributed by atoms with van der Waals surface area (Å²) < 4.78 is 9.66. The fraction of sp³-hybridized carbons (Fsp3) is 0.600. The summed E-state index contributed by atoms with van der Waals surface area (Å²) in [6.07, 6.45) is 0.0173. The molecule has 6 heteroatoms. The van der Waals surface area contributed by atoms with Crippen LogP contribution in [0.4, 0.5) is 0 Å². The Kier molecular flexibility index (Phi) is 4.06. The molecule has 4 atom stereocenters. The van der Waals surface area contributed by atoms with Crippen LogP contribution in [-0.2, 0) is 9.47 Å². The third-order valence-electron chi connectivity index (χ3n) is 1.90. The predicted octanol–water partition coefficient (Wildman–Crippen LogP) is -0.801. The van der Waals surface area contributed by atoms with Gasteiger partial charge in [-0.05, 0) is 32.1 Å². The fourth-order valence-corrected chi connectivity index (χ4v) is 1.29. The van der Waals surface area contributed by atoms with Crippen molar-refractivity contribution in [3.8, 4) is 0 Å². The van der Waals surface area contributed by atoms with Crippen LogP contribution in [0.3, 0.4) is 0 Å². The fourth-order valence-electron chi connectivity index (χ4n) is 1.29. The molecule has 16 heavy (non-hydrogen) atoms. The van der Waals surface area contributed by atoms with Crippen LogP contribution in [0.2, 0.25) is 0 Å². The molecule has 6 nitrogen and oxygen atoms in total. The molecule has 0 spiro atoms. The van der Waals surface area contributed by atoms with Gasteiger partial charge in [-0.1, -0.05) is 0 Å². The summed E-state index contributed by atoms with van der Waals surface area (Å²) in [4.78, 5) is 0. The molecule has 0 saturated carbocycles. The Balaban J connectivity index is 2.72. The molecule has 0 aliphatic heterocycles. The maximum Gasteiger partial charge on any atom is 0.218 e. The summed E-state index contributed by atoms with van der Waals surface area (Å²) in [5.74, 6) is -1.78. The number of aliphatic hydroxyl groups excluding tert-OH is 3. The van der Waals surface area contributed by atoms with Gasteiger partial charge in [0, 0.05) is 0 Å². The molecule has 1 aliphatic carbocycles. The molecule has 0 amide bonds. The highest BCUT2D eigenvalue weighted by atomic mass is 16.7. The Labute approximate surface area is 93.0 Å². The van der Waals surface area contributed by atoms with Gasteiger partial charge in [-0.2, -0.15) is 0 Å². The first-order valence-electron chi connectivity index (χ1n) is 4.85. The molecule has 0 radical (unpaired) electrons. The Morgan fingerprint density at radius 1 is 1.31 bits per heavy atom. The van der Waals surface area contributed by atoms with E-state index >= 15 is 0 Å². The highest BCUT2D eigenvalue weighted by molar-refractivity contribution is 5.25. The lowest BCUT2D eigenvalue weighted by Crippen LogP contribution is -2.45. The van der Waals surface area contributed by atoms with E-state index in [4.69, 9.17) is 19.7 Å². The molecule has 0 fully saturated rings. The van der Waals surface area contributed by atoms with E-state index in [0.29, 0.717) is 0 Å². The Hall–Kier alpha value is -0.920. The van der Waals surface area contributed by atoms with Gasteiger partial charge in [0.05, 0.1) is 0 Å². The molecule has 1 rings (SSSR count). The predicted molar refractivity (Wildman–Crippen MR) is 53.7 cm³/mol. The number of hydrogen-bond donors (Lipinski definition) is 4. The van der Waals surface area contributed by atoms with Crippen molar-refractivity contribution in [2.24, 2.45) is 0 Å². The van der Waals surface area contributed by atoms with E-state index in [1.54, 1.807) is 0 Å². The molecule has 1 aliphatic rings. The lowest BCUT2D eigenvalue weighted by molar-refractivity contribution is -0.276. The highest BCUT2D eigenvalue weighted by Gasteiger charge is 2.37. The first kappa shape index (κ1) is 13.1. The molecule has 0 saturated heterocycles. The smallest absolute Gasteiger partial charge is 0.218 e. The molecule has 4 unspecified atom stereocenters. The van der Waals surface area contributed by atoms with Crippen LogP contribution in [0, 0.1) is 0 Å². The minimum atomic E-state index is -1.99. The van der Waals surface area contributed by atoms with Gasteiger partial charge in [-0.15, -0.1) is 0 Å². The average molecular weight is 232 g/mol. The lowest BCUT2D eigenvalue weighted by atomic mass is 10.0. The van der Waals surface area contributed by atoms with Crippen LogP contribution < -0.4 is 0 Å². The molecular formula is C10H16O6. The van der Waals surface area contributed by atoms with Crippen molar-refractivity contribution in [2.45, 2.75) is 38.3 Å². The van der Waals surface area contributed by atoms with Crippen molar-refractivity contribution >= 4 is 0 Å². The Morgan fingerprint density at radius 3 is 2.38 bits per heavy atom. The summed E-state index contributed by atoms with van der Waals surface area (Å²) in [7, 11) is 0. The largest absolute Gasteiger partial charge is 0.466 e. The number of ether oxygens (including phenoxy) is 2. The van der Waals surface area contributed by atoms with Crippen LogP contribution in [-0.4, -0.2) is 44.9 Å². The summed E-state index contributed by atoms with van der Waals surface area (Å²) in [5.41, 5.74) is 0. The molecular weight excluding hydrogens is 216 g/mol. The van der Waals surface area contributed by atoms with Gasteiger partial charge in [0.1, 0.15) is 11.9 Å². The molecule has 0 aromatic rings. The van der Waals surface area contributed by atoms with E-state index < -0.39 is 24.5 Å². The molecule has 0 aromatic heterocycles. The van der Waals surface area contributed by atoms with Gasteiger partial charge in [-0.25, -0.2) is 0 Å². The monoisotopic (exact) mass is 232 g/mol. The maximum absolute atomic E-state index is 9.78. The van der Waals surface area contributed by atoms with Crippen molar-refractivity contribution in [3.05, 3.63) is 24.0 Å². The minimum Gasteiger partial charge on any atom is -0.466 e. The number of allylic oxidation sites excluding steroid dienone is 1. The first-order valence-corrected chi connectivity index (χ1v) is 4.85. The van der Waals surface area contributed by atoms with Crippen LogP contribution in [0.1, 0.15) is 13.8 Å². The van der Waals surface area contributed by atoms with Crippen molar-refractivity contribution in [1.29, 1.82) is 0 Å². The van der Waals surface area contributed by atoms with E-state index in [1.807, 2.05) is 0 Å². The highest BCUT2D eigenvalue weighted by Crippen LogP contribution is 2.24. The quantitative estimate of drug-likeness (QED) is 0.474. The SMILES string of the molecule is CC(O)OC1=CC(O)C(O)(OC(C)O)C=C1. The second-order valence-electron chi connectivity index (χ2n) is 3.53. The third kappa shape index (κ3) is 3.29. The Bertz CT molecular complexity index is 296. The van der Waals surface area contributed by atoms with Gasteiger partial charge < -0.3 is 29.9 Å². The number of aliphatic hydroxyl groups is 4. The zero-order valence-corrected chi connectivity index (χ0v) is 9.07. The zero-order chi connectivity index (χ0) is 12.3. The molecule has 0 heterocycles. The molecule has 4 N–H and O–H groups in total. The number of rotatable bonds is 4. The van der Waals surface area contributed by atoms with Gasteiger partial charge in [0.2, 0.25) is 5.79 Å². The van der Waals surface area contributed by atoms with E-state index in [2.05, 4.69) is 0 Å². The summed E-state index contributed by atoms with van der Waals surface area (Å²) in [5, 5.41) is 37.3. The topological polar surface area (TPSA) is 99.4 Å². The zero-order valence-electron chi connectivity index (χ0n) is 9.07. The molecule has 0 aromatic carbocycles. The van der Waals surface area contributed by atoms with Crippen molar-refractivity contribution in [2.75, 3.05) is 0 Å².